The molecule has 1 aromatic carbocycles. The monoisotopic (exact) mass is 346 g/mol. The predicted molar refractivity (Wildman–Crippen MR) is 84.4 cm³/mol. The number of pyridine rings is 1. The molecule has 0 amide bonds. The van der Waals surface area contributed by atoms with Gasteiger partial charge in [-0.2, -0.15) is 10.5 Å². The third-order valence-electron chi connectivity index (χ3n) is 3.29. The van der Waals surface area contributed by atoms with Crippen LogP contribution >= 0.6 is 0 Å². The summed E-state index contributed by atoms with van der Waals surface area (Å²) in [4.78, 5) is 14.2. The number of aromatic amines is 1. The largest absolute Gasteiger partial charge is 0.493 e. The van der Waals surface area contributed by atoms with Crippen LogP contribution in [0.2, 0.25) is 0 Å². The lowest BCUT2D eigenvalue weighted by molar-refractivity contribution is 0.0807. The molecule has 0 bridgehead atoms. The molecule has 128 valence electrons. The molecule has 2 rings (SSSR count). The molecule has 0 aliphatic heterocycles. The number of rotatable bonds is 5. The Hall–Kier alpha value is -3.59. The predicted octanol–water partition coefficient (Wildman–Crippen LogP) is 2.02. The Balaban J connectivity index is 2.86. The van der Waals surface area contributed by atoms with Crippen molar-refractivity contribution in [1.82, 2.24) is 4.98 Å². The average Bonchev–Trinajstić information content (AvgIpc) is 2.58. The number of anilines is 1. The van der Waals surface area contributed by atoms with Crippen LogP contribution in [0.5, 0.6) is 11.5 Å². The zero-order valence-corrected chi connectivity index (χ0v) is 13.0. The van der Waals surface area contributed by atoms with E-state index in [4.69, 9.17) is 15.2 Å². The Morgan fingerprint density at radius 3 is 2.52 bits per heavy atom. The van der Waals surface area contributed by atoms with Crippen LogP contribution in [0.15, 0.2) is 23.0 Å². The topological polar surface area (TPSA) is 125 Å². The molecule has 0 spiro atoms. The number of alkyl halides is 2. The van der Waals surface area contributed by atoms with E-state index in [1.54, 1.807) is 12.1 Å². The van der Waals surface area contributed by atoms with E-state index >= 15 is 0 Å². The highest BCUT2D eigenvalue weighted by Gasteiger charge is 2.23. The molecule has 2 aromatic rings. The molecule has 7 nitrogen and oxygen atoms in total. The van der Waals surface area contributed by atoms with Crippen molar-refractivity contribution < 1.29 is 18.3 Å². The first-order chi connectivity index (χ1) is 11.9. The molecule has 0 atom stereocenters. The Kier molecular flexibility index (Phi) is 5.20. The number of nitrogens with two attached hydrogens (primary N) is 1. The van der Waals surface area contributed by atoms with Crippen LogP contribution in [-0.4, -0.2) is 25.1 Å². The van der Waals surface area contributed by atoms with Crippen molar-refractivity contribution in [2.24, 2.45) is 0 Å². The zero-order valence-electron chi connectivity index (χ0n) is 13.0. The van der Waals surface area contributed by atoms with Gasteiger partial charge in [0.15, 0.2) is 11.5 Å². The van der Waals surface area contributed by atoms with Crippen LogP contribution in [-0.2, 0) is 0 Å². The van der Waals surface area contributed by atoms with Gasteiger partial charge in [0.1, 0.15) is 35.7 Å². The number of methoxy groups -OCH3 is 1. The second-order valence-electron chi connectivity index (χ2n) is 4.76. The Morgan fingerprint density at radius 2 is 1.96 bits per heavy atom. The first kappa shape index (κ1) is 17.8. The van der Waals surface area contributed by atoms with E-state index in [1.165, 1.54) is 25.3 Å². The number of nitrogen functional groups attached to an aromatic ring is 1. The summed E-state index contributed by atoms with van der Waals surface area (Å²) in [7, 11) is 1.30. The van der Waals surface area contributed by atoms with Crippen LogP contribution in [0.3, 0.4) is 0 Å². The third-order valence-corrected chi connectivity index (χ3v) is 3.29. The van der Waals surface area contributed by atoms with E-state index in [9.17, 15) is 24.1 Å². The molecule has 0 saturated heterocycles. The van der Waals surface area contributed by atoms with Gasteiger partial charge >= 0.3 is 0 Å². The minimum absolute atomic E-state index is 0.0749. The van der Waals surface area contributed by atoms with Crippen LogP contribution in [0.25, 0.3) is 11.1 Å². The zero-order chi connectivity index (χ0) is 18.6. The number of hydrogen-bond donors (Lipinski definition) is 2. The van der Waals surface area contributed by atoms with Crippen molar-refractivity contribution in [2.45, 2.75) is 6.43 Å². The van der Waals surface area contributed by atoms with Crippen LogP contribution < -0.4 is 20.8 Å². The number of halogens is 2. The number of para-hydroxylation sites is 1. The summed E-state index contributed by atoms with van der Waals surface area (Å²) in [6, 6.07) is 7.88. The lowest BCUT2D eigenvalue weighted by Crippen LogP contribution is -2.17. The number of H-pyrrole nitrogens is 1. The molecule has 0 unspecified atom stereocenters. The normalized spacial score (nSPS) is 10.2. The molecule has 0 aliphatic rings. The Labute approximate surface area is 140 Å². The van der Waals surface area contributed by atoms with Crippen LogP contribution in [0.1, 0.15) is 11.1 Å². The summed E-state index contributed by atoms with van der Waals surface area (Å²) in [5.74, 6) is -0.266. The highest BCUT2D eigenvalue weighted by molar-refractivity contribution is 5.85. The number of nitrogens with one attached hydrogen (secondary N) is 1. The van der Waals surface area contributed by atoms with Gasteiger partial charge in [0.05, 0.1) is 7.11 Å². The molecular weight excluding hydrogens is 334 g/mol. The number of ether oxygens (including phenoxy) is 2. The van der Waals surface area contributed by atoms with Gasteiger partial charge in [-0.25, -0.2) is 8.78 Å². The maximum absolute atomic E-state index is 12.6. The minimum atomic E-state index is -2.76. The molecule has 0 fully saturated rings. The van der Waals surface area contributed by atoms with Gasteiger partial charge in [0, 0.05) is 11.1 Å². The average molecular weight is 346 g/mol. The fourth-order valence-electron chi connectivity index (χ4n) is 2.28. The molecular formula is C16H12F2N4O3. The molecule has 9 heteroatoms. The highest BCUT2D eigenvalue weighted by Crippen LogP contribution is 2.41. The second kappa shape index (κ2) is 7.32. The van der Waals surface area contributed by atoms with Gasteiger partial charge in [0.2, 0.25) is 0 Å². The molecule has 1 aromatic heterocycles. The Bertz CT molecular complexity index is 942. The highest BCUT2D eigenvalue weighted by atomic mass is 19.3. The number of hydrogen-bond acceptors (Lipinski definition) is 6. The maximum Gasteiger partial charge on any atom is 0.272 e. The van der Waals surface area contributed by atoms with E-state index in [1.807, 2.05) is 0 Å². The molecule has 1 heterocycles. The summed E-state index contributed by atoms with van der Waals surface area (Å²) < 4.78 is 35.3. The van der Waals surface area contributed by atoms with E-state index in [0.717, 1.165) is 0 Å². The van der Waals surface area contributed by atoms with Gasteiger partial charge in [-0.1, -0.05) is 12.1 Å². The molecule has 0 radical (unpaired) electrons. The third kappa shape index (κ3) is 3.35. The number of aromatic nitrogens is 1. The fourth-order valence-corrected chi connectivity index (χ4v) is 2.28. The minimum Gasteiger partial charge on any atom is -0.493 e. The molecule has 3 N–H and O–H groups in total. The lowest BCUT2D eigenvalue weighted by Gasteiger charge is -2.16. The van der Waals surface area contributed by atoms with Crippen molar-refractivity contribution in [3.63, 3.8) is 0 Å². The molecule has 0 saturated carbocycles. The van der Waals surface area contributed by atoms with E-state index < -0.39 is 18.6 Å². The van der Waals surface area contributed by atoms with Gasteiger partial charge < -0.3 is 20.2 Å². The van der Waals surface area contributed by atoms with E-state index in [-0.39, 0.29) is 39.6 Å². The van der Waals surface area contributed by atoms with Gasteiger partial charge in [-0.3, -0.25) is 4.79 Å². The second-order valence-corrected chi connectivity index (χ2v) is 4.76. The van der Waals surface area contributed by atoms with E-state index in [0.29, 0.717) is 0 Å². The molecule has 0 aliphatic carbocycles. The SMILES string of the molecule is COc1cccc(-c2c(C#N)c(N)[nH]c(=O)c2C#N)c1OCC(F)F. The van der Waals surface area contributed by atoms with Crippen molar-refractivity contribution in [3.8, 4) is 34.8 Å². The van der Waals surface area contributed by atoms with Crippen molar-refractivity contribution in [2.75, 3.05) is 19.5 Å². The number of nitrogens with zero attached hydrogens (tertiary/aromatic N) is 2. The quantitative estimate of drug-likeness (QED) is 0.853. The summed E-state index contributed by atoms with van der Waals surface area (Å²) in [5, 5.41) is 18.6. The standard InChI is InChI=1S/C16H12F2N4O3/c1-24-11-4-2-3-8(14(11)25-7-12(17)18)13-9(5-19)15(21)22-16(23)10(13)6-20/h2-4,12H,7H2,1H3,(H3,21,22,23). The van der Waals surface area contributed by atoms with Gasteiger partial charge in [0.25, 0.3) is 12.0 Å². The maximum atomic E-state index is 12.6. The summed E-state index contributed by atoms with van der Waals surface area (Å²) in [6.45, 7) is -0.935. The summed E-state index contributed by atoms with van der Waals surface area (Å²) in [5.41, 5.74) is 4.26. The van der Waals surface area contributed by atoms with Crippen molar-refractivity contribution >= 4 is 5.82 Å². The van der Waals surface area contributed by atoms with Crippen LogP contribution in [0.4, 0.5) is 14.6 Å². The molecule has 25 heavy (non-hydrogen) atoms. The van der Waals surface area contributed by atoms with Gasteiger partial charge in [-0.05, 0) is 6.07 Å². The van der Waals surface area contributed by atoms with Crippen molar-refractivity contribution in [3.05, 3.63) is 39.7 Å². The Morgan fingerprint density at radius 1 is 1.28 bits per heavy atom. The number of benzene rings is 1. The number of nitriles is 2. The van der Waals surface area contributed by atoms with Gasteiger partial charge in [-0.15, -0.1) is 0 Å². The lowest BCUT2D eigenvalue weighted by atomic mass is 9.95. The van der Waals surface area contributed by atoms with E-state index in [2.05, 4.69) is 4.98 Å². The summed E-state index contributed by atoms with van der Waals surface area (Å²) in [6.07, 6.45) is -2.76. The van der Waals surface area contributed by atoms with Crippen molar-refractivity contribution in [1.29, 1.82) is 10.5 Å². The fraction of sp³-hybridized carbons (Fsp3) is 0.188. The summed E-state index contributed by atoms with van der Waals surface area (Å²) >= 11 is 0. The first-order valence-corrected chi connectivity index (χ1v) is 6.88. The first-order valence-electron chi connectivity index (χ1n) is 6.88. The van der Waals surface area contributed by atoms with Crippen LogP contribution in [0, 0.1) is 22.7 Å². The smallest absolute Gasteiger partial charge is 0.272 e.